The van der Waals surface area contributed by atoms with Crippen LogP contribution in [0.1, 0.15) is 24.3 Å². The summed E-state index contributed by atoms with van der Waals surface area (Å²) in [5.41, 5.74) is 1.11. The van der Waals surface area contributed by atoms with E-state index in [2.05, 4.69) is 11.2 Å². The van der Waals surface area contributed by atoms with Crippen LogP contribution in [0.4, 0.5) is 0 Å². The Morgan fingerprint density at radius 3 is 3.07 bits per heavy atom. The first-order valence-corrected chi connectivity index (χ1v) is 5.43. The van der Waals surface area contributed by atoms with Crippen molar-refractivity contribution in [3.05, 3.63) is 22.4 Å². The standard InChI is InChI=1S/C10H11N3S/c1-8-4-5-13(12-8)9(7-11)10-3-2-6-14-10/h2-3,6,9H,4-5H2,1H3. The fraction of sp³-hybridized carbons (Fsp3) is 0.400. The first kappa shape index (κ1) is 9.22. The minimum absolute atomic E-state index is 0.201. The van der Waals surface area contributed by atoms with Gasteiger partial charge in [0.25, 0.3) is 0 Å². The molecule has 0 amide bonds. The Kier molecular flexibility index (Phi) is 2.51. The van der Waals surface area contributed by atoms with Crippen molar-refractivity contribution in [2.45, 2.75) is 19.4 Å². The van der Waals surface area contributed by atoms with Crippen LogP contribution in [0.2, 0.25) is 0 Å². The zero-order chi connectivity index (χ0) is 9.97. The molecule has 1 atom stereocenters. The third-order valence-electron chi connectivity index (χ3n) is 2.23. The Hall–Kier alpha value is -1.34. The molecule has 0 radical (unpaired) electrons. The third-order valence-corrected chi connectivity index (χ3v) is 3.16. The minimum atomic E-state index is -0.201. The van der Waals surface area contributed by atoms with Crippen molar-refractivity contribution < 1.29 is 0 Å². The van der Waals surface area contributed by atoms with Gasteiger partial charge in [-0.15, -0.1) is 11.3 Å². The summed E-state index contributed by atoms with van der Waals surface area (Å²) in [6, 6.07) is 6.05. The Bertz CT molecular complexity index is 375. The molecule has 0 bridgehead atoms. The molecule has 72 valence electrons. The topological polar surface area (TPSA) is 39.4 Å². The molecule has 2 heterocycles. The molecule has 0 saturated carbocycles. The molecule has 3 nitrogen and oxygen atoms in total. The average molecular weight is 205 g/mol. The number of thiophene rings is 1. The quantitative estimate of drug-likeness (QED) is 0.743. The van der Waals surface area contributed by atoms with Gasteiger partial charge in [-0.05, 0) is 18.4 Å². The Labute approximate surface area is 87.3 Å². The molecular weight excluding hydrogens is 194 g/mol. The second-order valence-electron chi connectivity index (χ2n) is 3.30. The Balaban J connectivity index is 2.20. The number of rotatable bonds is 2. The van der Waals surface area contributed by atoms with Crippen molar-refractivity contribution >= 4 is 17.0 Å². The van der Waals surface area contributed by atoms with Gasteiger partial charge in [-0.3, -0.25) is 5.01 Å². The fourth-order valence-corrected chi connectivity index (χ4v) is 2.28. The van der Waals surface area contributed by atoms with Gasteiger partial charge in [-0.2, -0.15) is 10.4 Å². The van der Waals surface area contributed by atoms with Gasteiger partial charge in [-0.25, -0.2) is 0 Å². The molecule has 4 heteroatoms. The lowest BCUT2D eigenvalue weighted by molar-refractivity contribution is 0.278. The molecule has 14 heavy (non-hydrogen) atoms. The molecule has 0 saturated heterocycles. The number of nitriles is 1. The Morgan fingerprint density at radius 1 is 1.71 bits per heavy atom. The van der Waals surface area contributed by atoms with E-state index in [0.717, 1.165) is 23.6 Å². The molecule has 0 aromatic carbocycles. The molecule has 1 aliphatic heterocycles. The number of hydrazone groups is 1. The van der Waals surface area contributed by atoms with E-state index in [0.29, 0.717) is 0 Å². The van der Waals surface area contributed by atoms with Crippen molar-refractivity contribution in [2.75, 3.05) is 6.54 Å². The van der Waals surface area contributed by atoms with Crippen molar-refractivity contribution in [1.82, 2.24) is 5.01 Å². The highest BCUT2D eigenvalue weighted by Gasteiger charge is 2.22. The van der Waals surface area contributed by atoms with Crippen LogP contribution in [0.3, 0.4) is 0 Å². The summed E-state index contributed by atoms with van der Waals surface area (Å²) in [7, 11) is 0. The second-order valence-corrected chi connectivity index (χ2v) is 4.27. The average Bonchev–Trinajstić information content (AvgIpc) is 2.79. The van der Waals surface area contributed by atoms with Gasteiger partial charge < -0.3 is 0 Å². The summed E-state index contributed by atoms with van der Waals surface area (Å²) in [4.78, 5) is 1.07. The van der Waals surface area contributed by atoms with Gasteiger partial charge in [-0.1, -0.05) is 6.07 Å². The van der Waals surface area contributed by atoms with E-state index in [-0.39, 0.29) is 6.04 Å². The SMILES string of the molecule is CC1=NN(C(C#N)c2cccs2)CC1. The molecule has 0 fully saturated rings. The van der Waals surface area contributed by atoms with E-state index in [1.807, 2.05) is 29.4 Å². The summed E-state index contributed by atoms with van der Waals surface area (Å²) >= 11 is 1.61. The highest BCUT2D eigenvalue weighted by molar-refractivity contribution is 7.10. The predicted molar refractivity (Wildman–Crippen MR) is 57.1 cm³/mol. The zero-order valence-corrected chi connectivity index (χ0v) is 8.79. The molecule has 1 aromatic rings. The van der Waals surface area contributed by atoms with E-state index in [1.54, 1.807) is 11.3 Å². The molecule has 1 aromatic heterocycles. The summed E-state index contributed by atoms with van der Waals surface area (Å²) in [5, 5.41) is 17.3. The second kappa shape index (κ2) is 3.81. The maximum atomic E-state index is 9.09. The van der Waals surface area contributed by atoms with E-state index >= 15 is 0 Å². The molecule has 0 aliphatic carbocycles. The third kappa shape index (κ3) is 1.64. The fourth-order valence-electron chi connectivity index (χ4n) is 1.51. The van der Waals surface area contributed by atoms with E-state index in [4.69, 9.17) is 5.26 Å². The molecular formula is C10H11N3S. The van der Waals surface area contributed by atoms with Gasteiger partial charge in [0.15, 0.2) is 6.04 Å². The van der Waals surface area contributed by atoms with E-state index in [9.17, 15) is 0 Å². The number of hydrogen-bond donors (Lipinski definition) is 0. The van der Waals surface area contributed by atoms with E-state index < -0.39 is 0 Å². The van der Waals surface area contributed by atoms with Crippen LogP contribution in [0.15, 0.2) is 22.6 Å². The van der Waals surface area contributed by atoms with Crippen LogP contribution in [0, 0.1) is 11.3 Å². The lowest BCUT2D eigenvalue weighted by Gasteiger charge is -2.18. The van der Waals surface area contributed by atoms with Crippen LogP contribution < -0.4 is 0 Å². The van der Waals surface area contributed by atoms with Gasteiger partial charge in [0.2, 0.25) is 0 Å². The van der Waals surface area contributed by atoms with Gasteiger partial charge >= 0.3 is 0 Å². The molecule has 1 aliphatic rings. The highest BCUT2D eigenvalue weighted by atomic mass is 32.1. The minimum Gasteiger partial charge on any atom is -0.274 e. The first-order valence-electron chi connectivity index (χ1n) is 4.55. The number of nitrogens with zero attached hydrogens (tertiary/aromatic N) is 3. The van der Waals surface area contributed by atoms with Crippen LogP contribution >= 0.6 is 11.3 Å². The van der Waals surface area contributed by atoms with E-state index in [1.165, 1.54) is 0 Å². The van der Waals surface area contributed by atoms with Gasteiger partial charge in [0.05, 0.1) is 6.07 Å². The Morgan fingerprint density at radius 2 is 2.57 bits per heavy atom. The van der Waals surface area contributed by atoms with Crippen molar-refractivity contribution in [3.63, 3.8) is 0 Å². The summed E-state index contributed by atoms with van der Waals surface area (Å²) in [6.07, 6.45) is 0.976. The van der Waals surface area contributed by atoms with Crippen LogP contribution in [0.25, 0.3) is 0 Å². The number of hydrogen-bond acceptors (Lipinski definition) is 4. The highest BCUT2D eigenvalue weighted by Crippen LogP contribution is 2.26. The normalized spacial score (nSPS) is 17.7. The van der Waals surface area contributed by atoms with Gasteiger partial charge in [0.1, 0.15) is 0 Å². The molecule has 0 N–H and O–H groups in total. The zero-order valence-electron chi connectivity index (χ0n) is 7.97. The van der Waals surface area contributed by atoms with Crippen LogP contribution in [0.5, 0.6) is 0 Å². The van der Waals surface area contributed by atoms with Gasteiger partial charge in [0, 0.05) is 23.6 Å². The monoisotopic (exact) mass is 205 g/mol. The smallest absolute Gasteiger partial charge is 0.167 e. The van der Waals surface area contributed by atoms with Crippen LogP contribution in [-0.2, 0) is 0 Å². The summed E-state index contributed by atoms with van der Waals surface area (Å²) in [5.74, 6) is 0. The summed E-state index contributed by atoms with van der Waals surface area (Å²) < 4.78 is 0. The maximum absolute atomic E-state index is 9.09. The lowest BCUT2D eigenvalue weighted by atomic mass is 10.2. The maximum Gasteiger partial charge on any atom is 0.167 e. The lowest BCUT2D eigenvalue weighted by Crippen LogP contribution is -2.19. The first-order chi connectivity index (χ1) is 6.81. The largest absolute Gasteiger partial charge is 0.274 e. The van der Waals surface area contributed by atoms with Crippen molar-refractivity contribution in [2.24, 2.45) is 5.10 Å². The van der Waals surface area contributed by atoms with Crippen molar-refractivity contribution in [1.29, 1.82) is 5.26 Å². The summed E-state index contributed by atoms with van der Waals surface area (Å²) in [6.45, 7) is 2.87. The molecule has 2 rings (SSSR count). The molecule has 1 unspecified atom stereocenters. The van der Waals surface area contributed by atoms with Crippen LogP contribution in [-0.4, -0.2) is 17.3 Å². The predicted octanol–water partition coefficient (Wildman–Crippen LogP) is 2.39. The molecule has 0 spiro atoms. The van der Waals surface area contributed by atoms with Crippen molar-refractivity contribution in [3.8, 4) is 6.07 Å².